The van der Waals surface area contributed by atoms with E-state index in [9.17, 15) is 9.59 Å². The first kappa shape index (κ1) is 26.7. The fraction of sp³-hybridized carbons (Fsp3) is 0.276. The van der Waals surface area contributed by atoms with Crippen molar-refractivity contribution in [2.75, 3.05) is 4.90 Å². The zero-order chi connectivity index (χ0) is 27.3. The molecule has 0 aliphatic carbocycles. The zero-order valence-corrected chi connectivity index (χ0v) is 21.6. The van der Waals surface area contributed by atoms with Crippen molar-refractivity contribution in [3.63, 3.8) is 0 Å². The SMILES string of the molecule is CC(C)(N)CC(=O)NC1CCc2ccccc2N(Cc2ccc(-c3ccccc3C(=N)N=NN)cc2)C1=O. The molecule has 1 unspecified atom stereocenters. The van der Waals surface area contributed by atoms with Crippen LogP contribution in [0.5, 0.6) is 0 Å². The summed E-state index contributed by atoms with van der Waals surface area (Å²) in [5.41, 5.74) is 10.6. The summed E-state index contributed by atoms with van der Waals surface area (Å²) in [7, 11) is 0. The molecule has 2 amide bonds. The maximum atomic E-state index is 13.7. The number of rotatable bonds is 7. The van der Waals surface area contributed by atoms with E-state index in [1.165, 1.54) is 0 Å². The van der Waals surface area contributed by atoms with Crippen LogP contribution in [0.3, 0.4) is 0 Å². The number of benzene rings is 3. The van der Waals surface area contributed by atoms with E-state index in [0.717, 1.165) is 27.9 Å². The lowest BCUT2D eigenvalue weighted by molar-refractivity contribution is -0.128. The van der Waals surface area contributed by atoms with Gasteiger partial charge in [0.25, 0.3) is 0 Å². The maximum absolute atomic E-state index is 13.7. The normalized spacial score (nSPS) is 15.7. The number of nitrogens with one attached hydrogen (secondary N) is 2. The monoisotopic (exact) mass is 511 g/mol. The second-order valence-corrected chi connectivity index (χ2v) is 10.2. The summed E-state index contributed by atoms with van der Waals surface area (Å²) in [6.45, 7) is 3.93. The molecule has 1 aliphatic heterocycles. The Hall–Kier alpha value is -4.37. The number of para-hydroxylation sites is 1. The molecule has 4 rings (SSSR count). The van der Waals surface area contributed by atoms with Gasteiger partial charge >= 0.3 is 0 Å². The number of fused-ring (bicyclic) bond motifs is 1. The number of nitrogens with zero attached hydrogens (tertiary/aromatic N) is 3. The van der Waals surface area contributed by atoms with E-state index in [2.05, 4.69) is 15.7 Å². The standard InChI is InChI=1S/C29H33N7O2/c1-29(2,31)17-26(37)33-24-16-15-21-7-3-6-10-25(21)36(28(24)38)18-19-11-13-20(14-12-19)22-8-4-5-9-23(22)27(30)34-35-32/h3-14,24H,15-18,31H2,1-2H3,(H,33,37)(H3,30,32,34). The van der Waals surface area contributed by atoms with Gasteiger partial charge in [-0.25, -0.2) is 0 Å². The smallest absolute Gasteiger partial charge is 0.249 e. The van der Waals surface area contributed by atoms with Crippen molar-refractivity contribution in [1.82, 2.24) is 5.32 Å². The molecule has 38 heavy (non-hydrogen) atoms. The maximum Gasteiger partial charge on any atom is 0.249 e. The van der Waals surface area contributed by atoms with E-state index in [-0.39, 0.29) is 24.1 Å². The summed E-state index contributed by atoms with van der Waals surface area (Å²) >= 11 is 0. The number of amidine groups is 1. The third-order valence-corrected chi connectivity index (χ3v) is 6.45. The molecular weight excluding hydrogens is 478 g/mol. The average Bonchev–Trinajstić information content (AvgIpc) is 3.01. The number of carbonyl (C=O) groups is 2. The first-order valence-electron chi connectivity index (χ1n) is 12.5. The number of anilines is 1. The van der Waals surface area contributed by atoms with E-state index in [1.807, 2.05) is 66.7 Å². The largest absolute Gasteiger partial charge is 0.344 e. The average molecular weight is 512 g/mol. The van der Waals surface area contributed by atoms with Crippen LogP contribution in [0.25, 0.3) is 11.1 Å². The fourth-order valence-electron chi connectivity index (χ4n) is 4.70. The molecule has 6 N–H and O–H groups in total. The summed E-state index contributed by atoms with van der Waals surface area (Å²) in [5, 5.41) is 18.0. The quantitative estimate of drug-likeness (QED) is 0.124. The highest BCUT2D eigenvalue weighted by Crippen LogP contribution is 2.30. The van der Waals surface area contributed by atoms with Crippen LogP contribution >= 0.6 is 0 Å². The van der Waals surface area contributed by atoms with Crippen LogP contribution < -0.4 is 21.8 Å². The zero-order valence-electron chi connectivity index (χ0n) is 21.6. The molecule has 3 aromatic carbocycles. The van der Waals surface area contributed by atoms with Crippen LogP contribution in [0, 0.1) is 5.41 Å². The van der Waals surface area contributed by atoms with Crippen LogP contribution in [0.2, 0.25) is 0 Å². The van der Waals surface area contributed by atoms with E-state index < -0.39 is 11.6 Å². The predicted octanol–water partition coefficient (Wildman–Crippen LogP) is 4.10. The van der Waals surface area contributed by atoms with Crippen molar-refractivity contribution in [2.45, 2.75) is 51.2 Å². The van der Waals surface area contributed by atoms with Crippen molar-refractivity contribution in [3.8, 4) is 11.1 Å². The van der Waals surface area contributed by atoms with Gasteiger partial charge in [0.05, 0.1) is 6.54 Å². The molecule has 0 radical (unpaired) electrons. The fourth-order valence-corrected chi connectivity index (χ4v) is 4.70. The highest BCUT2D eigenvalue weighted by Gasteiger charge is 2.32. The Labute approximate surface area is 222 Å². The molecular formula is C29H33N7O2. The molecule has 0 saturated carbocycles. The van der Waals surface area contributed by atoms with Gasteiger partial charge in [-0.05, 0) is 55.0 Å². The Kier molecular flexibility index (Phi) is 7.97. The molecule has 0 saturated heterocycles. The summed E-state index contributed by atoms with van der Waals surface area (Å²) in [6, 6.07) is 22.5. The van der Waals surface area contributed by atoms with Crippen LogP contribution in [0.1, 0.15) is 43.4 Å². The Morgan fingerprint density at radius 3 is 2.47 bits per heavy atom. The molecule has 0 bridgehead atoms. The summed E-state index contributed by atoms with van der Waals surface area (Å²) in [4.78, 5) is 28.1. The third kappa shape index (κ3) is 6.30. The van der Waals surface area contributed by atoms with Crippen LogP contribution in [-0.2, 0) is 22.6 Å². The van der Waals surface area contributed by atoms with Crippen LogP contribution in [0.4, 0.5) is 5.69 Å². The van der Waals surface area contributed by atoms with E-state index >= 15 is 0 Å². The molecule has 0 spiro atoms. The number of hydrogen-bond acceptors (Lipinski definition) is 5. The number of nitrogens with two attached hydrogens (primary N) is 2. The molecule has 9 nitrogen and oxygen atoms in total. The van der Waals surface area contributed by atoms with Gasteiger partial charge < -0.3 is 21.8 Å². The summed E-state index contributed by atoms with van der Waals surface area (Å²) in [5.74, 6) is 4.74. The first-order chi connectivity index (χ1) is 18.2. The second-order valence-electron chi connectivity index (χ2n) is 10.2. The molecule has 1 aliphatic rings. The van der Waals surface area contributed by atoms with Gasteiger partial charge in [0.1, 0.15) is 6.04 Å². The van der Waals surface area contributed by atoms with Crippen molar-refractivity contribution >= 4 is 23.3 Å². The van der Waals surface area contributed by atoms with Crippen molar-refractivity contribution in [1.29, 1.82) is 5.41 Å². The number of amides is 2. The summed E-state index contributed by atoms with van der Waals surface area (Å²) < 4.78 is 0. The van der Waals surface area contributed by atoms with Gasteiger partial charge in [-0.3, -0.25) is 15.0 Å². The minimum absolute atomic E-state index is 0.0231. The number of hydrogen-bond donors (Lipinski definition) is 4. The van der Waals surface area contributed by atoms with Gasteiger partial charge in [-0.2, -0.15) is 0 Å². The van der Waals surface area contributed by atoms with E-state index in [1.54, 1.807) is 24.8 Å². The molecule has 0 aromatic heterocycles. The topological polar surface area (TPSA) is 150 Å². The van der Waals surface area contributed by atoms with Gasteiger partial charge in [0.15, 0.2) is 5.84 Å². The molecule has 1 atom stereocenters. The van der Waals surface area contributed by atoms with Crippen molar-refractivity contribution in [3.05, 3.63) is 89.5 Å². The predicted molar refractivity (Wildman–Crippen MR) is 149 cm³/mol. The summed E-state index contributed by atoms with van der Waals surface area (Å²) in [6.07, 6.45) is 1.33. The second kappa shape index (κ2) is 11.4. The Balaban J connectivity index is 1.59. The highest BCUT2D eigenvalue weighted by atomic mass is 16.2. The van der Waals surface area contributed by atoms with Crippen molar-refractivity contribution in [2.24, 2.45) is 21.9 Å². The van der Waals surface area contributed by atoms with Gasteiger partial charge in [0, 0.05) is 23.2 Å². The minimum Gasteiger partial charge on any atom is -0.344 e. The lowest BCUT2D eigenvalue weighted by Crippen LogP contribution is -2.49. The molecule has 9 heteroatoms. The first-order valence-corrected chi connectivity index (χ1v) is 12.5. The van der Waals surface area contributed by atoms with Crippen LogP contribution in [0.15, 0.2) is 83.1 Å². The van der Waals surface area contributed by atoms with Gasteiger partial charge in [-0.15, -0.1) is 5.11 Å². The van der Waals surface area contributed by atoms with E-state index in [4.69, 9.17) is 17.0 Å². The molecule has 1 heterocycles. The van der Waals surface area contributed by atoms with Gasteiger partial charge in [0.2, 0.25) is 11.8 Å². The Morgan fingerprint density at radius 2 is 1.76 bits per heavy atom. The number of aryl methyl sites for hydroxylation is 1. The molecule has 0 fully saturated rings. The number of carbonyl (C=O) groups excluding carboxylic acids is 2. The lowest BCUT2D eigenvalue weighted by Gasteiger charge is -2.27. The third-order valence-electron chi connectivity index (χ3n) is 6.45. The Morgan fingerprint density at radius 1 is 1.08 bits per heavy atom. The molecule has 196 valence electrons. The van der Waals surface area contributed by atoms with Gasteiger partial charge in [-0.1, -0.05) is 72.0 Å². The molecule has 3 aromatic rings. The van der Waals surface area contributed by atoms with Crippen LogP contribution in [-0.4, -0.2) is 29.2 Å². The van der Waals surface area contributed by atoms with E-state index in [0.29, 0.717) is 24.9 Å². The van der Waals surface area contributed by atoms with Crippen molar-refractivity contribution < 1.29 is 9.59 Å². The highest BCUT2D eigenvalue weighted by molar-refractivity contribution is 6.03. The Bertz CT molecular complexity index is 1360. The minimum atomic E-state index is -0.660. The lowest BCUT2D eigenvalue weighted by atomic mass is 9.98.